The number of para-hydroxylation sites is 1. The fourth-order valence-electron chi connectivity index (χ4n) is 2.57. The Morgan fingerprint density at radius 1 is 1.08 bits per heavy atom. The molecule has 2 aliphatic rings. The number of carbonyl (C=O) groups excluding carboxylic acids is 2. The smallest absolute Gasteiger partial charge is 0.282 e. The number of nitrogens with one attached hydrogen (secondary N) is 1. The van der Waals surface area contributed by atoms with Gasteiger partial charge in [0.15, 0.2) is 11.5 Å². The van der Waals surface area contributed by atoms with Gasteiger partial charge in [-0.05, 0) is 30.3 Å². The van der Waals surface area contributed by atoms with Crippen molar-refractivity contribution in [2.45, 2.75) is 0 Å². The molecule has 2 heterocycles. The molecule has 4 rings (SSSR count). The first kappa shape index (κ1) is 14.6. The fraction of sp³-hybridized carbons (Fsp3) is 0.0588. The molecule has 7 heteroatoms. The topological polar surface area (TPSA) is 67.9 Å². The number of benzene rings is 2. The SMILES string of the molecule is O=C1NN(c2ccccc2)C(=O)C1=Cc1c(Cl)ccc2c1OCO2. The lowest BCUT2D eigenvalue weighted by Crippen LogP contribution is -2.35. The van der Waals surface area contributed by atoms with Gasteiger partial charge in [-0.2, -0.15) is 0 Å². The van der Waals surface area contributed by atoms with Crippen LogP contribution in [0.3, 0.4) is 0 Å². The minimum absolute atomic E-state index is 0.0235. The second-order valence-electron chi connectivity index (χ2n) is 5.17. The van der Waals surface area contributed by atoms with Crippen LogP contribution in [0.4, 0.5) is 5.69 Å². The summed E-state index contributed by atoms with van der Waals surface area (Å²) in [6.07, 6.45) is 1.43. The van der Waals surface area contributed by atoms with Crippen molar-refractivity contribution in [2.24, 2.45) is 0 Å². The quantitative estimate of drug-likeness (QED) is 0.672. The van der Waals surface area contributed by atoms with E-state index in [4.69, 9.17) is 21.1 Å². The Labute approximate surface area is 142 Å². The van der Waals surface area contributed by atoms with Crippen molar-refractivity contribution in [3.8, 4) is 11.5 Å². The summed E-state index contributed by atoms with van der Waals surface area (Å²) >= 11 is 6.20. The van der Waals surface area contributed by atoms with E-state index in [1.54, 1.807) is 36.4 Å². The highest BCUT2D eigenvalue weighted by Gasteiger charge is 2.35. The zero-order valence-corrected chi connectivity index (χ0v) is 13.0. The van der Waals surface area contributed by atoms with E-state index >= 15 is 0 Å². The van der Waals surface area contributed by atoms with Crippen LogP contribution in [0, 0.1) is 0 Å². The van der Waals surface area contributed by atoms with Gasteiger partial charge in [0, 0.05) is 5.56 Å². The molecule has 0 aliphatic carbocycles. The van der Waals surface area contributed by atoms with E-state index in [9.17, 15) is 9.59 Å². The minimum Gasteiger partial charge on any atom is -0.454 e. The maximum absolute atomic E-state index is 12.6. The lowest BCUT2D eigenvalue weighted by Gasteiger charge is -2.13. The van der Waals surface area contributed by atoms with Crippen molar-refractivity contribution in [2.75, 3.05) is 11.8 Å². The van der Waals surface area contributed by atoms with Crippen molar-refractivity contribution in [3.05, 3.63) is 58.6 Å². The lowest BCUT2D eigenvalue weighted by atomic mass is 10.1. The Morgan fingerprint density at radius 3 is 2.67 bits per heavy atom. The molecule has 6 nitrogen and oxygen atoms in total. The van der Waals surface area contributed by atoms with E-state index < -0.39 is 11.8 Å². The van der Waals surface area contributed by atoms with Crippen LogP contribution in [0.2, 0.25) is 5.02 Å². The van der Waals surface area contributed by atoms with Gasteiger partial charge in [0.05, 0.1) is 10.7 Å². The van der Waals surface area contributed by atoms with Gasteiger partial charge in [0.1, 0.15) is 5.57 Å². The van der Waals surface area contributed by atoms with Crippen LogP contribution >= 0.6 is 11.6 Å². The van der Waals surface area contributed by atoms with Crippen molar-refractivity contribution < 1.29 is 19.1 Å². The van der Waals surface area contributed by atoms with E-state index in [0.29, 0.717) is 27.8 Å². The van der Waals surface area contributed by atoms with E-state index in [-0.39, 0.29) is 12.4 Å². The number of hydrogen-bond acceptors (Lipinski definition) is 4. The van der Waals surface area contributed by atoms with Gasteiger partial charge in [-0.25, -0.2) is 5.01 Å². The van der Waals surface area contributed by atoms with Crippen LogP contribution in [0.1, 0.15) is 5.56 Å². The summed E-state index contributed by atoms with van der Waals surface area (Å²) in [5.41, 5.74) is 3.53. The zero-order chi connectivity index (χ0) is 16.7. The van der Waals surface area contributed by atoms with Crippen LogP contribution in [-0.2, 0) is 9.59 Å². The normalized spacial score (nSPS) is 17.5. The molecule has 0 saturated carbocycles. The number of fused-ring (bicyclic) bond motifs is 1. The van der Waals surface area contributed by atoms with Crippen LogP contribution in [-0.4, -0.2) is 18.6 Å². The summed E-state index contributed by atoms with van der Waals surface area (Å²) in [5, 5.41) is 1.56. The first-order valence-electron chi connectivity index (χ1n) is 7.15. The van der Waals surface area contributed by atoms with E-state index in [0.717, 1.165) is 0 Å². The van der Waals surface area contributed by atoms with Crippen LogP contribution in [0.5, 0.6) is 11.5 Å². The monoisotopic (exact) mass is 342 g/mol. The number of rotatable bonds is 2. The van der Waals surface area contributed by atoms with Gasteiger partial charge in [-0.1, -0.05) is 29.8 Å². The number of carbonyl (C=O) groups is 2. The Bertz CT molecular complexity index is 880. The second-order valence-corrected chi connectivity index (χ2v) is 5.58. The molecule has 2 amide bonds. The first-order valence-corrected chi connectivity index (χ1v) is 7.53. The molecule has 0 unspecified atom stereocenters. The summed E-state index contributed by atoms with van der Waals surface area (Å²) in [6, 6.07) is 12.2. The molecule has 120 valence electrons. The van der Waals surface area contributed by atoms with Gasteiger partial charge < -0.3 is 9.47 Å². The van der Waals surface area contributed by atoms with Crippen LogP contribution in [0.15, 0.2) is 48.0 Å². The van der Waals surface area contributed by atoms with E-state index in [2.05, 4.69) is 5.43 Å². The van der Waals surface area contributed by atoms with Gasteiger partial charge in [0.2, 0.25) is 6.79 Å². The Balaban J connectivity index is 1.75. The second kappa shape index (κ2) is 5.58. The van der Waals surface area contributed by atoms with E-state index in [1.165, 1.54) is 11.1 Å². The molecule has 0 bridgehead atoms. The molecule has 1 fully saturated rings. The molecule has 0 radical (unpaired) electrons. The Hall–Kier alpha value is -2.99. The lowest BCUT2D eigenvalue weighted by molar-refractivity contribution is -0.117. The largest absolute Gasteiger partial charge is 0.454 e. The number of amides is 2. The number of hydrazine groups is 1. The summed E-state index contributed by atoms with van der Waals surface area (Å²) in [6.45, 7) is 0.0716. The molecule has 0 atom stereocenters. The molecular formula is C17H11ClN2O4. The predicted molar refractivity (Wildman–Crippen MR) is 87.6 cm³/mol. The Kier molecular flexibility index (Phi) is 3.39. The van der Waals surface area contributed by atoms with Gasteiger partial charge in [-0.15, -0.1) is 0 Å². The third-order valence-electron chi connectivity index (χ3n) is 3.72. The molecule has 24 heavy (non-hydrogen) atoms. The minimum atomic E-state index is -0.503. The average Bonchev–Trinajstić information content (AvgIpc) is 3.17. The zero-order valence-electron chi connectivity index (χ0n) is 12.3. The van der Waals surface area contributed by atoms with E-state index in [1.807, 2.05) is 6.07 Å². The summed E-state index contributed by atoms with van der Waals surface area (Å²) in [4.78, 5) is 24.8. The highest BCUT2D eigenvalue weighted by Crippen LogP contribution is 2.41. The number of anilines is 1. The number of ether oxygens (including phenoxy) is 2. The highest BCUT2D eigenvalue weighted by molar-refractivity contribution is 6.35. The average molecular weight is 343 g/mol. The molecule has 2 aromatic rings. The van der Waals surface area contributed by atoms with Gasteiger partial charge in [-0.3, -0.25) is 15.0 Å². The Morgan fingerprint density at radius 2 is 1.88 bits per heavy atom. The van der Waals surface area contributed by atoms with Gasteiger partial charge >= 0.3 is 0 Å². The molecule has 1 saturated heterocycles. The number of hydrogen-bond donors (Lipinski definition) is 1. The van der Waals surface area contributed by atoms with Crippen molar-refractivity contribution >= 4 is 35.2 Å². The molecular weight excluding hydrogens is 332 g/mol. The highest BCUT2D eigenvalue weighted by atomic mass is 35.5. The maximum atomic E-state index is 12.6. The molecule has 2 aliphatic heterocycles. The van der Waals surface area contributed by atoms with Crippen LogP contribution in [0.25, 0.3) is 6.08 Å². The molecule has 0 spiro atoms. The third-order valence-corrected chi connectivity index (χ3v) is 4.05. The standard InChI is InChI=1S/C17H11ClN2O4/c18-13-6-7-14-15(24-9-23-14)11(13)8-12-16(21)19-20(17(12)22)10-4-2-1-3-5-10/h1-8H,9H2,(H,19,21). The first-order chi connectivity index (χ1) is 11.6. The van der Waals surface area contributed by atoms with Crippen molar-refractivity contribution in [3.63, 3.8) is 0 Å². The van der Waals surface area contributed by atoms with Gasteiger partial charge in [0.25, 0.3) is 11.8 Å². The molecule has 0 aromatic heterocycles. The summed E-state index contributed by atoms with van der Waals surface area (Å²) in [7, 11) is 0. The molecule has 2 aromatic carbocycles. The van der Waals surface area contributed by atoms with Crippen molar-refractivity contribution in [1.29, 1.82) is 0 Å². The number of halogens is 1. The predicted octanol–water partition coefficient (Wildman–Crippen LogP) is 2.53. The number of nitrogens with zero attached hydrogens (tertiary/aromatic N) is 1. The maximum Gasteiger partial charge on any atom is 0.282 e. The third kappa shape index (κ3) is 2.28. The fourth-order valence-corrected chi connectivity index (χ4v) is 2.77. The van der Waals surface area contributed by atoms with Crippen molar-refractivity contribution in [1.82, 2.24) is 5.43 Å². The van der Waals surface area contributed by atoms with Crippen LogP contribution < -0.4 is 19.9 Å². The summed E-state index contributed by atoms with van der Waals surface area (Å²) < 4.78 is 10.7. The summed E-state index contributed by atoms with van der Waals surface area (Å²) in [5.74, 6) is -0.0130. The molecule has 1 N–H and O–H groups in total.